The highest BCUT2D eigenvalue weighted by Gasteiger charge is 2.26. The van der Waals surface area contributed by atoms with E-state index in [1.807, 2.05) is 20.1 Å². The minimum atomic E-state index is 0.00652. The van der Waals surface area contributed by atoms with Crippen molar-refractivity contribution in [2.45, 2.75) is 118 Å². The van der Waals surface area contributed by atoms with Crippen LogP contribution < -0.4 is 21.4 Å². The molecule has 3 N–H and O–H groups in total. The zero-order chi connectivity index (χ0) is 29.8. The molecule has 0 saturated carbocycles. The number of pyridine rings is 1. The minimum Gasteiger partial charge on any atom is -0.377 e. The van der Waals surface area contributed by atoms with E-state index in [-0.39, 0.29) is 11.6 Å². The van der Waals surface area contributed by atoms with E-state index in [4.69, 9.17) is 4.99 Å². The van der Waals surface area contributed by atoms with Gasteiger partial charge in [0, 0.05) is 12.3 Å². The zero-order valence-corrected chi connectivity index (χ0v) is 27.5. The van der Waals surface area contributed by atoms with Gasteiger partial charge in [-0.2, -0.15) is 0 Å². The Labute approximate surface area is 252 Å². The Kier molecular flexibility index (Phi) is 13.7. The summed E-state index contributed by atoms with van der Waals surface area (Å²) in [6, 6.07) is 8.75. The van der Waals surface area contributed by atoms with E-state index in [0.717, 1.165) is 66.5 Å². The van der Waals surface area contributed by atoms with Gasteiger partial charge in [0.15, 0.2) is 0 Å². The number of unbranched alkanes of at least 4 members (excludes halogenated alkanes) is 1. The average molecular weight is 582 g/mol. The molecule has 3 aromatic rings. The fourth-order valence-corrected chi connectivity index (χ4v) is 6.51. The Morgan fingerprint density at radius 2 is 1.76 bits per heavy atom. The van der Waals surface area contributed by atoms with Crippen LogP contribution in [0.15, 0.2) is 34.1 Å². The Morgan fingerprint density at radius 3 is 2.44 bits per heavy atom. The second kappa shape index (κ2) is 16.9. The van der Waals surface area contributed by atoms with Crippen molar-refractivity contribution in [3.05, 3.63) is 40.1 Å². The first-order valence-electron chi connectivity index (χ1n) is 16.3. The van der Waals surface area contributed by atoms with Gasteiger partial charge in [0.25, 0.3) is 0 Å². The van der Waals surface area contributed by atoms with Crippen LogP contribution in [0.4, 0.5) is 11.5 Å². The first-order valence-corrected chi connectivity index (χ1v) is 17.1. The highest BCUT2D eigenvalue weighted by molar-refractivity contribution is 7.24. The predicted molar refractivity (Wildman–Crippen MR) is 183 cm³/mol. The summed E-state index contributed by atoms with van der Waals surface area (Å²) in [6.07, 6.45) is 12.5. The zero-order valence-electron chi connectivity index (χ0n) is 26.7. The van der Waals surface area contributed by atoms with E-state index in [9.17, 15) is 4.79 Å². The maximum atomic E-state index is 13.7. The molecule has 0 spiro atoms. The second-order valence-corrected chi connectivity index (χ2v) is 12.8. The number of rotatable bonds is 10. The first kappa shape index (κ1) is 33.1. The van der Waals surface area contributed by atoms with Gasteiger partial charge < -0.3 is 16.0 Å². The lowest BCUT2D eigenvalue weighted by Crippen LogP contribution is -2.37. The van der Waals surface area contributed by atoms with Gasteiger partial charge in [0.2, 0.25) is 5.43 Å². The smallest absolute Gasteiger partial charge is 0.217 e. The molecular formula is C34H55N5OS. The van der Waals surface area contributed by atoms with Gasteiger partial charge >= 0.3 is 0 Å². The number of para-hydroxylation sites is 1. The fourth-order valence-electron chi connectivity index (χ4n) is 5.36. The number of fused-ring (bicyclic) bond motifs is 5. The second-order valence-electron chi connectivity index (χ2n) is 11.8. The van der Waals surface area contributed by atoms with Crippen LogP contribution in [0.3, 0.4) is 0 Å². The quantitative estimate of drug-likeness (QED) is 0.224. The van der Waals surface area contributed by atoms with E-state index in [1.54, 1.807) is 11.3 Å². The number of anilines is 2. The SMILES string of the molecule is CC.CC(C)CCC[C@H](C)CCC1N=Cc2c(n3c(sc4ccccc43)c(NC3CCNCC3)c2=O)N1.CCCC. The Balaban J connectivity index is 0.000000710. The van der Waals surface area contributed by atoms with Gasteiger partial charge in [0.1, 0.15) is 22.5 Å². The van der Waals surface area contributed by atoms with E-state index < -0.39 is 0 Å². The molecule has 2 atom stereocenters. The molecule has 7 heteroatoms. The summed E-state index contributed by atoms with van der Waals surface area (Å²) in [5, 5.41) is 10.7. The summed E-state index contributed by atoms with van der Waals surface area (Å²) >= 11 is 1.70. The van der Waals surface area contributed by atoms with Crippen molar-refractivity contribution >= 4 is 44.1 Å². The van der Waals surface area contributed by atoms with Gasteiger partial charge in [-0.1, -0.05) is 92.7 Å². The maximum absolute atomic E-state index is 13.7. The summed E-state index contributed by atoms with van der Waals surface area (Å²) < 4.78 is 3.44. The summed E-state index contributed by atoms with van der Waals surface area (Å²) in [6.45, 7) is 17.3. The van der Waals surface area contributed by atoms with Crippen molar-refractivity contribution in [2.75, 3.05) is 23.7 Å². The number of aliphatic imine (C=N–C) groups is 1. The third-order valence-electron chi connectivity index (χ3n) is 7.97. The van der Waals surface area contributed by atoms with E-state index in [2.05, 4.69) is 79.2 Å². The van der Waals surface area contributed by atoms with E-state index in [1.165, 1.54) is 36.8 Å². The molecule has 2 aliphatic heterocycles. The molecule has 41 heavy (non-hydrogen) atoms. The van der Waals surface area contributed by atoms with Crippen LogP contribution in [-0.2, 0) is 0 Å². The number of nitrogens with zero attached hydrogens (tertiary/aromatic N) is 2. The number of aromatic nitrogens is 1. The van der Waals surface area contributed by atoms with Crippen molar-refractivity contribution in [3.63, 3.8) is 0 Å². The van der Waals surface area contributed by atoms with Crippen LogP contribution in [0.25, 0.3) is 15.0 Å². The largest absolute Gasteiger partial charge is 0.377 e. The van der Waals surface area contributed by atoms with Crippen molar-refractivity contribution in [1.29, 1.82) is 0 Å². The standard InChI is InChI=1S/C28H39N5OS.C4H10.C2H6/c1-18(2)7-6-8-19(3)11-12-24-30-17-21-26(34)25(31-20-13-15-29-16-14-20)28-33(27(21)32-24)22-9-4-5-10-23(22)35-28;1-3-4-2;1-2/h4-5,9-10,17-20,24,29,31-32H,6-8,11-16H2,1-3H3;3-4H2,1-2H3;1-2H3/t19-,24?;;/m0../s1. The first-order chi connectivity index (χ1) is 19.9. The Hall–Kier alpha value is -2.38. The molecule has 1 aromatic carbocycles. The van der Waals surface area contributed by atoms with Gasteiger partial charge in [0.05, 0.1) is 15.8 Å². The van der Waals surface area contributed by atoms with Crippen molar-refractivity contribution in [1.82, 2.24) is 9.72 Å². The summed E-state index contributed by atoms with van der Waals surface area (Å²) in [5.41, 5.74) is 2.59. The molecule has 2 aromatic heterocycles. The number of piperidine rings is 1. The normalized spacial score (nSPS) is 17.3. The molecule has 2 aliphatic rings. The van der Waals surface area contributed by atoms with Crippen LogP contribution in [0.2, 0.25) is 0 Å². The molecule has 5 rings (SSSR count). The van der Waals surface area contributed by atoms with Gasteiger partial charge in [-0.25, -0.2) is 0 Å². The lowest BCUT2D eigenvalue weighted by Gasteiger charge is -2.27. The Morgan fingerprint density at radius 1 is 1.05 bits per heavy atom. The molecule has 0 amide bonds. The topological polar surface area (TPSA) is 69.9 Å². The van der Waals surface area contributed by atoms with Gasteiger partial charge in [-0.15, -0.1) is 11.3 Å². The average Bonchev–Trinajstić information content (AvgIpc) is 3.39. The molecule has 6 nitrogen and oxygen atoms in total. The lowest BCUT2D eigenvalue weighted by molar-refractivity contribution is 0.417. The monoisotopic (exact) mass is 581 g/mol. The number of benzene rings is 1. The van der Waals surface area contributed by atoms with Crippen LogP contribution in [0, 0.1) is 11.8 Å². The number of hydrogen-bond donors (Lipinski definition) is 3. The molecule has 228 valence electrons. The van der Waals surface area contributed by atoms with Crippen LogP contribution in [0.1, 0.15) is 112 Å². The Bertz CT molecular complexity index is 1290. The third-order valence-corrected chi connectivity index (χ3v) is 9.11. The van der Waals surface area contributed by atoms with E-state index in [0.29, 0.717) is 17.5 Å². The molecule has 0 radical (unpaired) electrons. The summed E-state index contributed by atoms with van der Waals surface area (Å²) in [4.78, 5) is 19.5. The molecule has 1 fully saturated rings. The lowest BCUT2D eigenvalue weighted by atomic mass is 9.95. The molecule has 1 unspecified atom stereocenters. The van der Waals surface area contributed by atoms with Crippen molar-refractivity contribution < 1.29 is 0 Å². The predicted octanol–water partition coefficient (Wildman–Crippen LogP) is 8.92. The van der Waals surface area contributed by atoms with Gasteiger partial charge in [-0.05, 0) is 62.7 Å². The van der Waals surface area contributed by atoms with E-state index >= 15 is 0 Å². The number of hydrogen-bond acceptors (Lipinski definition) is 6. The molecule has 0 bridgehead atoms. The van der Waals surface area contributed by atoms with Crippen LogP contribution >= 0.6 is 11.3 Å². The molecule has 1 saturated heterocycles. The third kappa shape index (κ3) is 8.81. The summed E-state index contributed by atoms with van der Waals surface area (Å²) in [7, 11) is 0. The van der Waals surface area contributed by atoms with Crippen LogP contribution in [0.5, 0.6) is 0 Å². The summed E-state index contributed by atoms with van der Waals surface area (Å²) in [5.74, 6) is 2.36. The fraction of sp³-hybridized carbons (Fsp3) is 0.647. The minimum absolute atomic E-state index is 0.00652. The molecular weight excluding hydrogens is 526 g/mol. The molecule has 4 heterocycles. The van der Waals surface area contributed by atoms with Crippen molar-refractivity contribution in [2.24, 2.45) is 16.8 Å². The van der Waals surface area contributed by atoms with Crippen LogP contribution in [-0.4, -0.2) is 35.9 Å². The number of thiazole rings is 1. The number of nitrogens with one attached hydrogen (secondary N) is 3. The highest BCUT2D eigenvalue weighted by Crippen LogP contribution is 2.36. The molecule has 0 aliphatic carbocycles. The maximum Gasteiger partial charge on any atom is 0.217 e. The highest BCUT2D eigenvalue weighted by atomic mass is 32.1. The van der Waals surface area contributed by atoms with Crippen molar-refractivity contribution in [3.8, 4) is 0 Å². The van der Waals surface area contributed by atoms with Gasteiger partial charge in [-0.3, -0.25) is 14.2 Å².